The van der Waals surface area contributed by atoms with E-state index >= 15 is 0 Å². The minimum Gasteiger partial charge on any atom is -0.478 e. The third-order valence-electron chi connectivity index (χ3n) is 4.08. The molecule has 0 spiro atoms. The molecule has 2 heterocycles. The summed E-state index contributed by atoms with van der Waals surface area (Å²) in [5.74, 6) is 1.11. The van der Waals surface area contributed by atoms with Gasteiger partial charge in [-0.15, -0.1) is 0 Å². The highest BCUT2D eigenvalue weighted by Crippen LogP contribution is 2.21. The molecule has 0 aromatic carbocycles. The molecule has 2 N–H and O–H groups in total. The predicted octanol–water partition coefficient (Wildman–Crippen LogP) is 2.53. The Hall–Kier alpha value is -1.13. The molecule has 1 aliphatic heterocycles. The van der Waals surface area contributed by atoms with Crippen LogP contribution in [0.2, 0.25) is 0 Å². The summed E-state index contributed by atoms with van der Waals surface area (Å²) in [6, 6.07) is 4.70. The predicted molar refractivity (Wildman–Crippen MR) is 82.0 cm³/mol. The zero-order valence-corrected chi connectivity index (χ0v) is 12.9. The van der Waals surface area contributed by atoms with Gasteiger partial charge in [0.05, 0.1) is 6.61 Å². The molecule has 2 rings (SSSR count). The lowest BCUT2D eigenvalue weighted by Crippen LogP contribution is -2.26. The molecule has 112 valence electrons. The van der Waals surface area contributed by atoms with Crippen molar-refractivity contribution >= 4 is 0 Å². The van der Waals surface area contributed by atoms with Crippen LogP contribution in [0.5, 0.6) is 5.88 Å². The topological polar surface area (TPSA) is 51.4 Å². The molecule has 1 unspecified atom stereocenters. The third-order valence-corrected chi connectivity index (χ3v) is 4.08. The van der Waals surface area contributed by atoms with Crippen LogP contribution in [-0.2, 0) is 6.54 Å². The van der Waals surface area contributed by atoms with Crippen LogP contribution in [-0.4, -0.2) is 36.1 Å². The molecule has 4 nitrogen and oxygen atoms in total. The lowest BCUT2D eigenvalue weighted by molar-refractivity contribution is 0.228. The average molecular weight is 277 g/mol. The van der Waals surface area contributed by atoms with Gasteiger partial charge in [0.2, 0.25) is 5.88 Å². The minimum atomic E-state index is 0.393. The Morgan fingerprint density at radius 2 is 2.25 bits per heavy atom. The summed E-state index contributed by atoms with van der Waals surface area (Å²) >= 11 is 0. The van der Waals surface area contributed by atoms with Gasteiger partial charge in [-0.2, -0.15) is 0 Å². The highest BCUT2D eigenvalue weighted by atomic mass is 16.5. The molecule has 0 aliphatic carbocycles. The fraction of sp³-hybridized carbons (Fsp3) is 0.688. The third kappa shape index (κ3) is 3.93. The van der Waals surface area contributed by atoms with Crippen LogP contribution in [0.3, 0.4) is 0 Å². The van der Waals surface area contributed by atoms with E-state index in [1.807, 2.05) is 6.07 Å². The molecular formula is C16H27N3O. The Morgan fingerprint density at radius 1 is 1.45 bits per heavy atom. The van der Waals surface area contributed by atoms with Crippen LogP contribution in [0.1, 0.15) is 50.3 Å². The van der Waals surface area contributed by atoms with Gasteiger partial charge in [-0.05, 0) is 50.4 Å². The van der Waals surface area contributed by atoms with Gasteiger partial charge >= 0.3 is 0 Å². The largest absolute Gasteiger partial charge is 0.478 e. The maximum Gasteiger partial charge on any atom is 0.213 e. The van der Waals surface area contributed by atoms with Gasteiger partial charge < -0.3 is 15.4 Å². The van der Waals surface area contributed by atoms with Gasteiger partial charge in [-0.3, -0.25) is 0 Å². The van der Waals surface area contributed by atoms with Gasteiger partial charge in [0, 0.05) is 24.3 Å². The van der Waals surface area contributed by atoms with E-state index in [0.29, 0.717) is 18.5 Å². The van der Waals surface area contributed by atoms with E-state index in [9.17, 15) is 0 Å². The molecule has 0 amide bonds. The van der Waals surface area contributed by atoms with E-state index in [0.717, 1.165) is 30.2 Å². The number of rotatable bonds is 6. The zero-order chi connectivity index (χ0) is 14.5. The van der Waals surface area contributed by atoms with Gasteiger partial charge in [-0.1, -0.05) is 13.8 Å². The molecule has 1 fully saturated rings. The Labute approximate surface area is 122 Å². The molecule has 0 saturated carbocycles. The highest BCUT2D eigenvalue weighted by molar-refractivity contribution is 5.26. The number of pyridine rings is 1. The molecule has 20 heavy (non-hydrogen) atoms. The fourth-order valence-corrected chi connectivity index (χ4v) is 2.71. The first kappa shape index (κ1) is 15.3. The van der Waals surface area contributed by atoms with Crippen LogP contribution in [0.25, 0.3) is 0 Å². The first-order chi connectivity index (χ1) is 9.60. The van der Waals surface area contributed by atoms with Gasteiger partial charge in [0.15, 0.2) is 0 Å². The molecule has 0 bridgehead atoms. The van der Waals surface area contributed by atoms with Crippen molar-refractivity contribution in [2.24, 2.45) is 5.73 Å². The van der Waals surface area contributed by atoms with E-state index in [4.69, 9.17) is 10.5 Å². The smallest absolute Gasteiger partial charge is 0.213 e. The van der Waals surface area contributed by atoms with Crippen molar-refractivity contribution in [1.29, 1.82) is 0 Å². The number of likely N-dealkylation sites (tertiary alicyclic amines) is 1. The number of hydrogen-bond donors (Lipinski definition) is 1. The second kappa shape index (κ2) is 7.04. The normalized spacial score (nSPS) is 19.8. The Morgan fingerprint density at radius 3 is 2.85 bits per heavy atom. The van der Waals surface area contributed by atoms with E-state index < -0.39 is 0 Å². The Balaban J connectivity index is 1.93. The van der Waals surface area contributed by atoms with Gasteiger partial charge in [-0.25, -0.2) is 4.98 Å². The van der Waals surface area contributed by atoms with Crippen molar-refractivity contribution in [3.63, 3.8) is 0 Å². The molecule has 1 saturated heterocycles. The number of ether oxygens (including phenoxy) is 1. The lowest BCUT2D eigenvalue weighted by Gasteiger charge is -2.19. The first-order valence-electron chi connectivity index (χ1n) is 7.64. The van der Waals surface area contributed by atoms with E-state index in [2.05, 4.69) is 36.8 Å². The van der Waals surface area contributed by atoms with Gasteiger partial charge in [0.25, 0.3) is 0 Å². The number of nitrogens with zero attached hydrogens (tertiary/aromatic N) is 2. The van der Waals surface area contributed by atoms with Crippen molar-refractivity contribution in [2.75, 3.05) is 20.2 Å². The molecule has 0 radical (unpaired) electrons. The van der Waals surface area contributed by atoms with E-state index in [1.165, 1.54) is 19.4 Å². The van der Waals surface area contributed by atoms with Crippen LogP contribution in [0, 0.1) is 0 Å². The molecule has 4 heteroatoms. The van der Waals surface area contributed by atoms with Crippen LogP contribution < -0.4 is 10.5 Å². The average Bonchev–Trinajstić information content (AvgIpc) is 2.84. The summed E-state index contributed by atoms with van der Waals surface area (Å²) in [5, 5.41) is 0. The van der Waals surface area contributed by atoms with Crippen LogP contribution >= 0.6 is 0 Å². The van der Waals surface area contributed by atoms with Crippen LogP contribution in [0.4, 0.5) is 0 Å². The molecule has 1 aliphatic rings. The van der Waals surface area contributed by atoms with Crippen molar-refractivity contribution in [2.45, 2.75) is 51.6 Å². The summed E-state index contributed by atoms with van der Waals surface area (Å²) in [6.45, 7) is 6.75. The van der Waals surface area contributed by atoms with E-state index in [-0.39, 0.29) is 0 Å². The summed E-state index contributed by atoms with van der Waals surface area (Å²) in [4.78, 5) is 7.00. The monoisotopic (exact) mass is 277 g/mol. The van der Waals surface area contributed by atoms with E-state index in [1.54, 1.807) is 0 Å². The summed E-state index contributed by atoms with van der Waals surface area (Å²) in [5.41, 5.74) is 7.89. The maximum absolute atomic E-state index is 5.86. The second-order valence-corrected chi connectivity index (χ2v) is 6.01. The van der Waals surface area contributed by atoms with Crippen molar-refractivity contribution in [3.8, 4) is 5.88 Å². The number of nitrogens with two attached hydrogens (primary N) is 1. The lowest BCUT2D eigenvalue weighted by atomic mass is 10.1. The standard InChI is InChI=1S/C16H27N3O/c1-12(2)15-9-13(11-17)10-16(18-15)20-8-6-14-5-4-7-19(14)3/h9-10,12,14H,4-8,11,17H2,1-3H3. The van der Waals surface area contributed by atoms with Gasteiger partial charge in [0.1, 0.15) is 0 Å². The quantitative estimate of drug-likeness (QED) is 0.868. The fourth-order valence-electron chi connectivity index (χ4n) is 2.71. The number of hydrogen-bond acceptors (Lipinski definition) is 4. The Bertz CT molecular complexity index is 434. The molecular weight excluding hydrogens is 250 g/mol. The summed E-state index contributed by atoms with van der Waals surface area (Å²) in [7, 11) is 2.20. The van der Waals surface area contributed by atoms with Crippen molar-refractivity contribution < 1.29 is 4.74 Å². The Kier molecular flexibility index (Phi) is 5.38. The van der Waals surface area contributed by atoms with Crippen molar-refractivity contribution in [3.05, 3.63) is 23.4 Å². The van der Waals surface area contributed by atoms with Crippen LogP contribution in [0.15, 0.2) is 12.1 Å². The van der Waals surface area contributed by atoms with Crippen molar-refractivity contribution in [1.82, 2.24) is 9.88 Å². The zero-order valence-electron chi connectivity index (χ0n) is 12.9. The highest BCUT2D eigenvalue weighted by Gasteiger charge is 2.20. The second-order valence-electron chi connectivity index (χ2n) is 6.01. The molecule has 1 aromatic heterocycles. The number of aromatic nitrogens is 1. The first-order valence-corrected chi connectivity index (χ1v) is 7.64. The minimum absolute atomic E-state index is 0.393. The summed E-state index contributed by atoms with van der Waals surface area (Å²) in [6.07, 6.45) is 3.66. The maximum atomic E-state index is 5.86. The summed E-state index contributed by atoms with van der Waals surface area (Å²) < 4.78 is 5.86. The molecule has 1 aromatic rings. The molecule has 1 atom stereocenters. The SMILES string of the molecule is CC(C)c1cc(CN)cc(OCCC2CCCN2C)n1.